The van der Waals surface area contributed by atoms with Crippen molar-refractivity contribution < 1.29 is 4.79 Å². The van der Waals surface area contributed by atoms with E-state index in [-0.39, 0.29) is 5.91 Å². The SMILES string of the molecule is Cc1[nH]ncc1C(=O)NC1C2C3CCC(C3)C12. The number of H-pyrrole nitrogens is 1. The summed E-state index contributed by atoms with van der Waals surface area (Å²) in [5.74, 6) is 3.45. The molecular formula is C13H17N3O. The lowest BCUT2D eigenvalue weighted by atomic mass is 10.0. The van der Waals surface area contributed by atoms with Crippen LogP contribution < -0.4 is 5.32 Å². The van der Waals surface area contributed by atoms with Gasteiger partial charge in [-0.1, -0.05) is 0 Å². The molecule has 4 nitrogen and oxygen atoms in total. The third-order valence-corrected chi connectivity index (χ3v) is 5.11. The van der Waals surface area contributed by atoms with Gasteiger partial charge in [0, 0.05) is 11.7 Å². The molecule has 4 atom stereocenters. The van der Waals surface area contributed by atoms with Gasteiger partial charge in [-0.15, -0.1) is 0 Å². The fourth-order valence-corrected chi connectivity index (χ4v) is 4.33. The van der Waals surface area contributed by atoms with Crippen molar-refractivity contribution in [3.63, 3.8) is 0 Å². The van der Waals surface area contributed by atoms with Crippen LogP contribution in [0.4, 0.5) is 0 Å². The summed E-state index contributed by atoms with van der Waals surface area (Å²) in [6.45, 7) is 1.89. The van der Waals surface area contributed by atoms with E-state index >= 15 is 0 Å². The summed E-state index contributed by atoms with van der Waals surface area (Å²) in [4.78, 5) is 12.1. The van der Waals surface area contributed by atoms with Crippen molar-refractivity contribution >= 4 is 5.91 Å². The fourth-order valence-electron chi connectivity index (χ4n) is 4.33. The first-order valence-corrected chi connectivity index (χ1v) is 6.56. The zero-order valence-corrected chi connectivity index (χ0v) is 9.94. The molecule has 3 aliphatic rings. The standard InChI is InChI=1S/C13H17N3O/c1-6-9(5-14-16-6)13(17)15-12-10-7-2-3-8(4-7)11(10)12/h5,7-8,10-12H,2-4H2,1H3,(H,14,16)(H,15,17). The van der Waals surface area contributed by atoms with Gasteiger partial charge in [0.05, 0.1) is 11.8 Å². The molecule has 4 rings (SSSR count). The average molecular weight is 231 g/mol. The maximum Gasteiger partial charge on any atom is 0.254 e. The highest BCUT2D eigenvalue weighted by Crippen LogP contribution is 2.65. The van der Waals surface area contributed by atoms with E-state index in [1.54, 1.807) is 6.20 Å². The molecule has 2 N–H and O–H groups in total. The minimum atomic E-state index is 0.0510. The molecule has 3 aliphatic carbocycles. The smallest absolute Gasteiger partial charge is 0.254 e. The Hall–Kier alpha value is -1.32. The number of rotatable bonds is 2. The third kappa shape index (κ3) is 1.24. The highest BCUT2D eigenvalue weighted by molar-refractivity contribution is 5.95. The van der Waals surface area contributed by atoms with E-state index in [1.165, 1.54) is 19.3 Å². The maximum absolute atomic E-state index is 12.1. The van der Waals surface area contributed by atoms with Gasteiger partial charge in [0.2, 0.25) is 0 Å². The van der Waals surface area contributed by atoms with Crippen LogP contribution in [0.2, 0.25) is 0 Å². The van der Waals surface area contributed by atoms with Gasteiger partial charge in [0.25, 0.3) is 5.91 Å². The normalized spacial score (nSPS) is 41.4. The quantitative estimate of drug-likeness (QED) is 0.810. The van der Waals surface area contributed by atoms with Gasteiger partial charge in [-0.25, -0.2) is 0 Å². The predicted octanol–water partition coefficient (Wildman–Crippen LogP) is 1.49. The largest absolute Gasteiger partial charge is 0.349 e. The number of aromatic nitrogens is 2. The molecule has 1 heterocycles. The lowest BCUT2D eigenvalue weighted by Gasteiger charge is -2.10. The second kappa shape index (κ2) is 3.12. The van der Waals surface area contributed by atoms with Gasteiger partial charge >= 0.3 is 0 Å². The van der Waals surface area contributed by atoms with Gasteiger partial charge in [-0.2, -0.15) is 5.10 Å². The average Bonchev–Trinajstić information content (AvgIpc) is 2.76. The molecule has 2 bridgehead atoms. The summed E-state index contributed by atoms with van der Waals surface area (Å²) in [6.07, 6.45) is 5.83. The monoisotopic (exact) mass is 231 g/mol. The van der Waals surface area contributed by atoms with E-state index in [0.717, 1.165) is 29.4 Å². The van der Waals surface area contributed by atoms with E-state index in [2.05, 4.69) is 15.5 Å². The number of amides is 1. The van der Waals surface area contributed by atoms with Crippen LogP contribution in [-0.2, 0) is 0 Å². The van der Waals surface area contributed by atoms with Gasteiger partial charge in [0.15, 0.2) is 0 Å². The van der Waals surface area contributed by atoms with Crippen molar-refractivity contribution in [1.82, 2.24) is 15.5 Å². The number of hydrogen-bond acceptors (Lipinski definition) is 2. The van der Waals surface area contributed by atoms with Crippen molar-refractivity contribution in [1.29, 1.82) is 0 Å². The fraction of sp³-hybridized carbons (Fsp3) is 0.692. The van der Waals surface area contributed by atoms with E-state index < -0.39 is 0 Å². The molecule has 0 aromatic carbocycles. The topological polar surface area (TPSA) is 57.8 Å². The first kappa shape index (κ1) is 9.68. The Bertz CT molecular complexity index is 465. The maximum atomic E-state index is 12.1. The van der Waals surface area contributed by atoms with E-state index in [4.69, 9.17) is 0 Å². The second-order valence-corrected chi connectivity index (χ2v) is 5.90. The van der Waals surface area contributed by atoms with Crippen LogP contribution >= 0.6 is 0 Å². The predicted molar refractivity (Wildman–Crippen MR) is 62.4 cm³/mol. The molecule has 1 amide bonds. The Morgan fingerprint density at radius 3 is 2.71 bits per heavy atom. The van der Waals surface area contributed by atoms with Crippen LogP contribution in [0.1, 0.15) is 35.3 Å². The molecule has 0 saturated heterocycles. The number of hydrogen-bond donors (Lipinski definition) is 2. The number of fused-ring (bicyclic) bond motifs is 5. The summed E-state index contributed by atoms with van der Waals surface area (Å²) >= 11 is 0. The molecule has 3 fully saturated rings. The molecule has 0 spiro atoms. The third-order valence-electron chi connectivity index (χ3n) is 5.11. The Morgan fingerprint density at radius 1 is 1.41 bits per heavy atom. The van der Waals surface area contributed by atoms with Crippen LogP contribution in [-0.4, -0.2) is 22.1 Å². The van der Waals surface area contributed by atoms with Gasteiger partial charge < -0.3 is 5.32 Å². The number of carbonyl (C=O) groups is 1. The molecule has 90 valence electrons. The van der Waals surface area contributed by atoms with Crippen molar-refractivity contribution in [2.75, 3.05) is 0 Å². The van der Waals surface area contributed by atoms with E-state index in [9.17, 15) is 4.79 Å². The van der Waals surface area contributed by atoms with Gasteiger partial charge in [-0.05, 0) is 49.9 Å². The molecular weight excluding hydrogens is 214 g/mol. The first-order valence-electron chi connectivity index (χ1n) is 6.56. The molecule has 0 aliphatic heterocycles. The Morgan fingerprint density at radius 2 is 2.12 bits per heavy atom. The molecule has 4 heteroatoms. The van der Waals surface area contributed by atoms with E-state index in [0.29, 0.717) is 11.6 Å². The summed E-state index contributed by atoms with van der Waals surface area (Å²) in [5, 5.41) is 9.91. The minimum absolute atomic E-state index is 0.0510. The highest BCUT2D eigenvalue weighted by atomic mass is 16.1. The lowest BCUT2D eigenvalue weighted by molar-refractivity contribution is 0.0943. The van der Waals surface area contributed by atoms with E-state index in [1.807, 2.05) is 6.92 Å². The molecule has 4 unspecified atom stereocenters. The lowest BCUT2D eigenvalue weighted by Crippen LogP contribution is -2.30. The zero-order valence-electron chi connectivity index (χ0n) is 9.94. The zero-order chi connectivity index (χ0) is 11.6. The Labute approximate surface area is 100 Å². The molecule has 17 heavy (non-hydrogen) atoms. The second-order valence-electron chi connectivity index (χ2n) is 5.90. The molecule has 3 saturated carbocycles. The Kier molecular flexibility index (Phi) is 1.78. The number of nitrogens with zero attached hydrogens (tertiary/aromatic N) is 1. The molecule has 0 radical (unpaired) electrons. The van der Waals surface area contributed by atoms with Crippen LogP contribution in [0.25, 0.3) is 0 Å². The number of aromatic amines is 1. The van der Waals surface area contributed by atoms with Crippen LogP contribution in [0.5, 0.6) is 0 Å². The van der Waals surface area contributed by atoms with Gasteiger partial charge in [0.1, 0.15) is 0 Å². The molecule has 1 aromatic heterocycles. The summed E-state index contributed by atoms with van der Waals surface area (Å²) < 4.78 is 0. The number of nitrogens with one attached hydrogen (secondary N) is 2. The van der Waals surface area contributed by atoms with Gasteiger partial charge in [-0.3, -0.25) is 9.89 Å². The minimum Gasteiger partial charge on any atom is -0.349 e. The van der Waals surface area contributed by atoms with Crippen LogP contribution in [0.3, 0.4) is 0 Å². The van der Waals surface area contributed by atoms with Crippen molar-refractivity contribution in [3.05, 3.63) is 17.5 Å². The van der Waals surface area contributed by atoms with Crippen LogP contribution in [0.15, 0.2) is 6.20 Å². The van der Waals surface area contributed by atoms with Crippen molar-refractivity contribution in [3.8, 4) is 0 Å². The number of aryl methyl sites for hydroxylation is 1. The summed E-state index contributed by atoms with van der Waals surface area (Å²) in [6, 6.07) is 0.461. The summed E-state index contributed by atoms with van der Waals surface area (Å²) in [7, 11) is 0. The van der Waals surface area contributed by atoms with Crippen LogP contribution in [0, 0.1) is 30.6 Å². The molecule has 1 aromatic rings. The summed E-state index contributed by atoms with van der Waals surface area (Å²) in [5.41, 5.74) is 1.55. The number of carbonyl (C=O) groups excluding carboxylic acids is 1. The Balaban J connectivity index is 1.47. The first-order chi connectivity index (χ1) is 8.25. The van der Waals surface area contributed by atoms with Crippen molar-refractivity contribution in [2.24, 2.45) is 23.7 Å². The highest BCUT2D eigenvalue weighted by Gasteiger charge is 2.65. The van der Waals surface area contributed by atoms with Crippen molar-refractivity contribution in [2.45, 2.75) is 32.2 Å².